The number of nitrogens with one attached hydrogen (secondary N) is 1. The molecule has 1 unspecified atom stereocenters. The van der Waals surface area contributed by atoms with Crippen LogP contribution in [0.3, 0.4) is 0 Å². The summed E-state index contributed by atoms with van der Waals surface area (Å²) < 4.78 is 1.20. The van der Waals surface area contributed by atoms with Crippen molar-refractivity contribution in [3.05, 3.63) is 51.1 Å². The summed E-state index contributed by atoms with van der Waals surface area (Å²) in [5, 5.41) is 0.724. The molecule has 0 amide bonds. The van der Waals surface area contributed by atoms with E-state index in [0.717, 1.165) is 41.8 Å². The lowest BCUT2D eigenvalue weighted by Gasteiger charge is -2.22. The SMILES string of the molecule is CC[NH+]1CCc2c(sc3nc(-c4ccccc4)n(N)c(=O)c23)C1. The first kappa shape index (κ1) is 14.4. The highest BCUT2D eigenvalue weighted by Crippen LogP contribution is 2.30. The summed E-state index contributed by atoms with van der Waals surface area (Å²) >= 11 is 1.65. The summed E-state index contributed by atoms with van der Waals surface area (Å²) in [6.07, 6.45) is 0.931. The summed E-state index contributed by atoms with van der Waals surface area (Å²) in [5.41, 5.74) is 1.89. The van der Waals surface area contributed by atoms with Gasteiger partial charge in [0.2, 0.25) is 0 Å². The van der Waals surface area contributed by atoms with Crippen molar-refractivity contribution in [2.45, 2.75) is 19.9 Å². The van der Waals surface area contributed by atoms with Gasteiger partial charge < -0.3 is 10.7 Å². The van der Waals surface area contributed by atoms with Gasteiger partial charge in [0.1, 0.15) is 11.4 Å². The van der Waals surface area contributed by atoms with E-state index in [1.54, 1.807) is 16.2 Å². The highest BCUT2D eigenvalue weighted by atomic mass is 32.1. The third-order valence-corrected chi connectivity index (χ3v) is 5.74. The first-order chi connectivity index (χ1) is 11.2. The van der Waals surface area contributed by atoms with Crippen molar-refractivity contribution in [1.29, 1.82) is 0 Å². The third kappa shape index (κ3) is 2.26. The number of nitrogens with zero attached hydrogens (tertiary/aromatic N) is 2. The minimum absolute atomic E-state index is 0.133. The molecule has 1 aromatic carbocycles. The van der Waals surface area contributed by atoms with E-state index in [1.165, 1.54) is 15.1 Å². The molecule has 4 rings (SSSR count). The molecule has 0 saturated carbocycles. The topological polar surface area (TPSA) is 65.3 Å². The predicted molar refractivity (Wildman–Crippen MR) is 93.2 cm³/mol. The Morgan fingerprint density at radius 3 is 2.87 bits per heavy atom. The fourth-order valence-corrected chi connectivity index (χ4v) is 4.56. The molecule has 0 bridgehead atoms. The minimum atomic E-state index is -0.133. The first-order valence-electron chi connectivity index (χ1n) is 7.90. The summed E-state index contributed by atoms with van der Waals surface area (Å²) in [6, 6.07) is 9.63. The van der Waals surface area contributed by atoms with Crippen LogP contribution in [0, 0.1) is 0 Å². The molecule has 1 aliphatic rings. The van der Waals surface area contributed by atoms with Gasteiger partial charge in [0.15, 0.2) is 5.82 Å². The highest BCUT2D eigenvalue weighted by Gasteiger charge is 2.26. The number of hydrogen-bond acceptors (Lipinski definition) is 4. The normalized spacial score (nSPS) is 17.3. The van der Waals surface area contributed by atoms with Crippen molar-refractivity contribution in [2.24, 2.45) is 0 Å². The molecule has 3 N–H and O–H groups in total. The summed E-state index contributed by atoms with van der Waals surface area (Å²) in [5.74, 6) is 6.60. The first-order valence-corrected chi connectivity index (χ1v) is 8.72. The molecule has 118 valence electrons. The van der Waals surface area contributed by atoms with Gasteiger partial charge in [-0.05, 0) is 12.5 Å². The van der Waals surface area contributed by atoms with E-state index in [0.29, 0.717) is 5.82 Å². The van der Waals surface area contributed by atoms with Crippen LogP contribution in [0.5, 0.6) is 0 Å². The smallest absolute Gasteiger partial charge is 0.281 e. The molecule has 6 heteroatoms. The van der Waals surface area contributed by atoms with E-state index < -0.39 is 0 Å². The monoisotopic (exact) mass is 327 g/mol. The number of nitrogens with two attached hydrogens (primary N) is 1. The molecule has 3 aromatic rings. The molecule has 1 atom stereocenters. The molecule has 0 radical (unpaired) electrons. The van der Waals surface area contributed by atoms with Crippen LogP contribution in [0.4, 0.5) is 0 Å². The fourth-order valence-electron chi connectivity index (χ4n) is 3.28. The second-order valence-corrected chi connectivity index (χ2v) is 7.02. The number of quaternary nitrogens is 1. The zero-order valence-electron chi connectivity index (χ0n) is 13.0. The van der Waals surface area contributed by atoms with Crippen LogP contribution in [0.15, 0.2) is 35.1 Å². The molecular weight excluding hydrogens is 308 g/mol. The van der Waals surface area contributed by atoms with Gasteiger partial charge in [-0.25, -0.2) is 9.66 Å². The third-order valence-electron chi connectivity index (χ3n) is 4.61. The van der Waals surface area contributed by atoms with Crippen LogP contribution in [-0.2, 0) is 13.0 Å². The number of fused-ring (bicyclic) bond motifs is 3. The van der Waals surface area contributed by atoms with Gasteiger partial charge in [0, 0.05) is 12.0 Å². The number of hydrogen-bond donors (Lipinski definition) is 2. The number of thiophene rings is 1. The molecule has 23 heavy (non-hydrogen) atoms. The Balaban J connectivity index is 1.94. The van der Waals surface area contributed by atoms with Crippen LogP contribution in [-0.4, -0.2) is 22.7 Å². The van der Waals surface area contributed by atoms with E-state index in [1.807, 2.05) is 30.3 Å². The van der Waals surface area contributed by atoms with Gasteiger partial charge >= 0.3 is 0 Å². The summed E-state index contributed by atoms with van der Waals surface area (Å²) in [4.78, 5) is 21.2. The van der Waals surface area contributed by atoms with E-state index in [9.17, 15) is 4.79 Å². The van der Waals surface area contributed by atoms with Crippen LogP contribution in [0.1, 0.15) is 17.4 Å². The Morgan fingerprint density at radius 1 is 1.35 bits per heavy atom. The number of rotatable bonds is 2. The number of likely N-dealkylation sites (N-methyl/N-ethyl adjacent to an activating group) is 1. The number of aromatic nitrogens is 2. The zero-order chi connectivity index (χ0) is 16.0. The number of nitrogen functional groups attached to an aromatic ring is 1. The second-order valence-electron chi connectivity index (χ2n) is 5.94. The van der Waals surface area contributed by atoms with Crippen molar-refractivity contribution in [3.63, 3.8) is 0 Å². The van der Waals surface area contributed by atoms with Gasteiger partial charge in [0.05, 0.1) is 23.4 Å². The Kier molecular flexibility index (Phi) is 3.43. The lowest BCUT2D eigenvalue weighted by molar-refractivity contribution is -0.913. The molecule has 5 nitrogen and oxygen atoms in total. The van der Waals surface area contributed by atoms with Crippen LogP contribution in [0.2, 0.25) is 0 Å². The predicted octanol–water partition coefficient (Wildman–Crippen LogP) is 0.800. The van der Waals surface area contributed by atoms with Gasteiger partial charge in [-0.2, -0.15) is 0 Å². The van der Waals surface area contributed by atoms with Crippen molar-refractivity contribution >= 4 is 21.6 Å². The Bertz CT molecular complexity index is 929. The van der Waals surface area contributed by atoms with Crippen molar-refractivity contribution in [2.75, 3.05) is 18.9 Å². The maximum absolute atomic E-state index is 12.8. The summed E-state index contributed by atoms with van der Waals surface area (Å²) in [6.45, 7) is 5.36. The average Bonchev–Trinajstić information content (AvgIpc) is 2.96. The lowest BCUT2D eigenvalue weighted by Crippen LogP contribution is -3.11. The Labute approximate surface area is 138 Å². The van der Waals surface area contributed by atoms with Crippen LogP contribution in [0.25, 0.3) is 21.6 Å². The largest absolute Gasteiger partial charge is 0.334 e. The minimum Gasteiger partial charge on any atom is -0.334 e. The van der Waals surface area contributed by atoms with Gasteiger partial charge in [-0.3, -0.25) is 4.79 Å². The average molecular weight is 327 g/mol. The molecule has 0 fully saturated rings. The van der Waals surface area contributed by atoms with E-state index >= 15 is 0 Å². The molecule has 2 aromatic heterocycles. The molecule has 0 aliphatic carbocycles. The van der Waals surface area contributed by atoms with Gasteiger partial charge in [0.25, 0.3) is 5.56 Å². The van der Waals surface area contributed by atoms with E-state index in [4.69, 9.17) is 10.8 Å². The molecule has 1 aliphatic heterocycles. The van der Waals surface area contributed by atoms with Crippen LogP contribution < -0.4 is 16.3 Å². The van der Waals surface area contributed by atoms with Crippen molar-refractivity contribution in [3.8, 4) is 11.4 Å². The maximum atomic E-state index is 12.8. The quantitative estimate of drug-likeness (QED) is 0.684. The fraction of sp³-hybridized carbons (Fsp3) is 0.294. The Hall–Kier alpha value is -2.18. The van der Waals surface area contributed by atoms with Crippen molar-refractivity contribution < 1.29 is 4.90 Å². The molecule has 0 saturated heterocycles. The number of benzene rings is 1. The second kappa shape index (κ2) is 5.47. The van der Waals surface area contributed by atoms with Crippen LogP contribution >= 0.6 is 11.3 Å². The maximum Gasteiger partial charge on any atom is 0.281 e. The molecule has 0 spiro atoms. The highest BCUT2D eigenvalue weighted by molar-refractivity contribution is 7.18. The molecular formula is C17H19N4OS+. The molecule has 3 heterocycles. The Morgan fingerprint density at radius 2 is 2.13 bits per heavy atom. The van der Waals surface area contributed by atoms with Gasteiger partial charge in [-0.1, -0.05) is 30.3 Å². The standard InChI is InChI=1S/C17H18N4OS/c1-2-20-9-8-12-13(10-20)23-16-14(12)17(22)21(18)15(19-16)11-6-4-3-5-7-11/h3-7H,2,8-10,18H2,1H3/p+1. The van der Waals surface area contributed by atoms with Gasteiger partial charge in [-0.15, -0.1) is 11.3 Å². The van der Waals surface area contributed by atoms with Crippen molar-refractivity contribution in [1.82, 2.24) is 9.66 Å². The van der Waals surface area contributed by atoms with E-state index in [2.05, 4.69) is 6.92 Å². The zero-order valence-corrected chi connectivity index (χ0v) is 13.8. The lowest BCUT2D eigenvalue weighted by atomic mass is 10.1. The van der Waals surface area contributed by atoms with E-state index in [-0.39, 0.29) is 5.56 Å². The summed E-state index contributed by atoms with van der Waals surface area (Å²) in [7, 11) is 0.